The molecule has 0 aromatic heterocycles. The van der Waals surface area contributed by atoms with Gasteiger partial charge in [-0.25, -0.2) is 0 Å². The van der Waals surface area contributed by atoms with Crippen LogP contribution < -0.4 is 0 Å². The van der Waals surface area contributed by atoms with Crippen molar-refractivity contribution < 1.29 is 11.7 Å². The zero-order chi connectivity index (χ0) is 6.62. The Bertz CT molecular complexity index is 55.3. The molecule has 0 aliphatic rings. The van der Waals surface area contributed by atoms with Crippen LogP contribution in [-0.4, -0.2) is 3.41 Å². The molecule has 8 heavy (non-hydrogen) atoms. The second-order valence-electron chi connectivity index (χ2n) is 1.09. The third kappa shape index (κ3) is 2.41. The lowest BCUT2D eigenvalue weighted by Gasteiger charge is -2.09. The van der Waals surface area contributed by atoms with Crippen LogP contribution in [0.3, 0.4) is 0 Å². The minimum absolute atomic E-state index is 0.352. The highest BCUT2D eigenvalue weighted by Gasteiger charge is 2.29. The number of rotatable bonds is 3. The van der Waals surface area contributed by atoms with Gasteiger partial charge in [-0.05, 0) is 6.92 Å². The van der Waals surface area contributed by atoms with E-state index in [1.165, 1.54) is 0 Å². The van der Waals surface area contributed by atoms with Crippen LogP contribution >= 0.6 is 36.4 Å². The van der Waals surface area contributed by atoms with Gasteiger partial charge in [-0.3, -0.25) is 0 Å². The molecular formula is C2H3F3S3. The summed E-state index contributed by atoms with van der Waals surface area (Å²) >= 11 is -1.06. The van der Waals surface area contributed by atoms with E-state index in [0.717, 1.165) is 6.92 Å². The Kier molecular flexibility index (Phi) is 4.19. The van der Waals surface area contributed by atoms with Crippen molar-refractivity contribution in [2.24, 2.45) is 0 Å². The predicted molar refractivity (Wildman–Crippen MR) is 34.5 cm³/mol. The average Bonchev–Trinajstić information content (AvgIpc) is 1.87. The first-order chi connectivity index (χ1) is 3.68. The third-order valence-electron chi connectivity index (χ3n) is 0.420. The van der Waals surface area contributed by atoms with Crippen molar-refractivity contribution in [2.45, 2.75) is 10.3 Å². The lowest BCUT2D eigenvalue weighted by Crippen LogP contribution is -2.01. The first-order valence-corrected chi connectivity index (χ1v) is 3.73. The topological polar surface area (TPSA) is 0 Å². The molecule has 0 saturated carbocycles. The second-order valence-corrected chi connectivity index (χ2v) is 4.78. The van der Waals surface area contributed by atoms with Crippen LogP contribution in [0.2, 0.25) is 0 Å². The Balaban J connectivity index is 3.58. The molecule has 0 nitrogen and oxygen atoms in total. The van der Waals surface area contributed by atoms with Gasteiger partial charge in [0.05, 0.1) is 36.4 Å². The molecular weight excluding hydrogens is 177 g/mol. The van der Waals surface area contributed by atoms with Gasteiger partial charge < -0.3 is 0 Å². The maximum absolute atomic E-state index is 11.4. The summed E-state index contributed by atoms with van der Waals surface area (Å²) in [5.41, 5.74) is 0. The van der Waals surface area contributed by atoms with Crippen molar-refractivity contribution in [1.29, 1.82) is 0 Å². The van der Waals surface area contributed by atoms with Crippen LogP contribution in [0.15, 0.2) is 0 Å². The highest BCUT2D eigenvalue weighted by atomic mass is 32.3. The van der Waals surface area contributed by atoms with E-state index in [-0.39, 0.29) is 36.4 Å². The van der Waals surface area contributed by atoms with Crippen molar-refractivity contribution in [3.8, 4) is 0 Å². The number of hydrogen-bond donors (Lipinski definition) is 0. The maximum atomic E-state index is 11.4. The Labute approximate surface area is 58.9 Å². The zero-order valence-electron chi connectivity index (χ0n) is 3.86. The summed E-state index contributed by atoms with van der Waals surface area (Å²) < 4.78 is 32.7. The quantitative estimate of drug-likeness (QED) is 0.610. The molecule has 0 N–H and O–H groups in total. The van der Waals surface area contributed by atoms with Gasteiger partial charge in [-0.1, -0.05) is 0 Å². The van der Waals surface area contributed by atoms with Gasteiger partial charge >= 0.3 is 0 Å². The van der Waals surface area contributed by atoms with E-state index < -0.39 is 3.41 Å². The second kappa shape index (κ2) is 3.79. The molecule has 0 atom stereocenters. The van der Waals surface area contributed by atoms with Crippen LogP contribution in [0.1, 0.15) is 6.92 Å². The first-order valence-electron chi connectivity index (χ1n) is 1.58. The van der Waals surface area contributed by atoms with Crippen LogP contribution in [0.5, 0.6) is 0 Å². The Morgan fingerprint density at radius 2 is 1.25 bits per heavy atom. The molecule has 0 fully saturated rings. The molecule has 0 aliphatic heterocycles. The van der Waals surface area contributed by atoms with E-state index >= 15 is 0 Å². The van der Waals surface area contributed by atoms with E-state index in [1.807, 2.05) is 0 Å². The molecule has 6 heteroatoms. The fourth-order valence-electron chi connectivity index (χ4n) is 0.0357. The SMILES string of the molecule is CC(SF)(SF)SF. The van der Waals surface area contributed by atoms with Gasteiger partial charge in [-0.15, -0.1) is 0 Å². The number of halogens is 3. The molecule has 0 saturated heterocycles. The van der Waals surface area contributed by atoms with Crippen LogP contribution in [0, 0.1) is 0 Å². The Morgan fingerprint density at radius 3 is 1.25 bits per heavy atom. The Morgan fingerprint density at radius 1 is 1.00 bits per heavy atom. The van der Waals surface area contributed by atoms with Crippen molar-refractivity contribution in [1.82, 2.24) is 0 Å². The average molecular weight is 180 g/mol. The van der Waals surface area contributed by atoms with Crippen LogP contribution in [-0.2, 0) is 0 Å². The molecule has 0 radical (unpaired) electrons. The van der Waals surface area contributed by atoms with Gasteiger partial charge in [-0.2, -0.15) is 11.7 Å². The summed E-state index contributed by atoms with van der Waals surface area (Å²) in [4.78, 5) is 0. The summed E-state index contributed by atoms with van der Waals surface area (Å²) in [6, 6.07) is 0. The fourth-order valence-corrected chi connectivity index (χ4v) is 0.321. The number of hydrogen-bond acceptors (Lipinski definition) is 3. The summed E-state index contributed by atoms with van der Waals surface area (Å²) in [6.07, 6.45) is 0. The fraction of sp³-hybridized carbons (Fsp3) is 1.00. The molecule has 0 spiro atoms. The van der Waals surface area contributed by atoms with Crippen molar-refractivity contribution in [3.63, 3.8) is 0 Å². The van der Waals surface area contributed by atoms with Gasteiger partial charge in [0.15, 0.2) is 3.41 Å². The lowest BCUT2D eigenvalue weighted by atomic mass is 10.9. The normalized spacial score (nSPS) is 12.0. The molecule has 0 rings (SSSR count). The van der Waals surface area contributed by atoms with E-state index in [4.69, 9.17) is 0 Å². The molecule has 0 heterocycles. The molecule has 50 valence electrons. The smallest absolute Gasteiger partial charge is 0.163 e. The third-order valence-corrected chi connectivity index (χ3v) is 2.40. The minimum Gasteiger partial charge on any atom is -0.163 e. The van der Waals surface area contributed by atoms with E-state index in [0.29, 0.717) is 0 Å². The molecule has 0 bridgehead atoms. The van der Waals surface area contributed by atoms with Crippen molar-refractivity contribution >= 4 is 36.4 Å². The first kappa shape index (κ1) is 8.84. The summed E-state index contributed by atoms with van der Waals surface area (Å²) in [6.45, 7) is 1.12. The summed E-state index contributed by atoms with van der Waals surface area (Å²) in [7, 11) is 0. The van der Waals surface area contributed by atoms with E-state index in [2.05, 4.69) is 0 Å². The minimum atomic E-state index is -1.62. The van der Waals surface area contributed by atoms with Gasteiger partial charge in [0.2, 0.25) is 0 Å². The molecule has 0 amide bonds. The van der Waals surface area contributed by atoms with Crippen LogP contribution in [0.4, 0.5) is 11.7 Å². The molecule has 0 aromatic carbocycles. The van der Waals surface area contributed by atoms with Gasteiger partial charge in [0.25, 0.3) is 0 Å². The largest absolute Gasteiger partial charge is 0.196 e. The maximum Gasteiger partial charge on any atom is 0.196 e. The van der Waals surface area contributed by atoms with Gasteiger partial charge in [0.1, 0.15) is 0 Å². The highest BCUT2D eigenvalue weighted by Crippen LogP contribution is 2.47. The summed E-state index contributed by atoms with van der Waals surface area (Å²) in [5, 5.41) is 0. The molecule has 0 aromatic rings. The standard InChI is InChI=1S/C2H3F3S3/c1-2(6-3,7-4)8-5/h1H3. The zero-order valence-corrected chi connectivity index (χ0v) is 6.31. The highest BCUT2D eigenvalue weighted by molar-refractivity contribution is 8.29. The van der Waals surface area contributed by atoms with Gasteiger partial charge in [0, 0.05) is 0 Å². The molecule has 0 aliphatic carbocycles. The van der Waals surface area contributed by atoms with Crippen LogP contribution in [0.25, 0.3) is 0 Å². The molecule has 0 unspecified atom stereocenters. The van der Waals surface area contributed by atoms with Crippen molar-refractivity contribution in [2.75, 3.05) is 0 Å². The van der Waals surface area contributed by atoms with E-state index in [9.17, 15) is 11.7 Å². The predicted octanol–water partition coefficient (Wildman–Crippen LogP) is 3.51. The van der Waals surface area contributed by atoms with E-state index in [1.54, 1.807) is 0 Å². The Hall–Kier alpha value is 0.840. The monoisotopic (exact) mass is 180 g/mol. The van der Waals surface area contributed by atoms with Crippen molar-refractivity contribution in [3.05, 3.63) is 0 Å². The lowest BCUT2D eigenvalue weighted by molar-refractivity contribution is 0.877. The summed E-state index contributed by atoms with van der Waals surface area (Å²) in [5.74, 6) is 0.